The van der Waals surface area contributed by atoms with E-state index in [-0.39, 0.29) is 0 Å². The van der Waals surface area contributed by atoms with E-state index in [1.165, 1.54) is 11.8 Å². The molecule has 0 spiro atoms. The first-order valence-electron chi connectivity index (χ1n) is 10.5. The van der Waals surface area contributed by atoms with Crippen LogP contribution in [0.15, 0.2) is 40.5 Å². The van der Waals surface area contributed by atoms with Crippen molar-refractivity contribution in [1.82, 2.24) is 19.6 Å². The van der Waals surface area contributed by atoms with E-state index in [1.807, 2.05) is 0 Å². The van der Waals surface area contributed by atoms with Gasteiger partial charge in [0.2, 0.25) is 10.0 Å². The molecule has 0 atom stereocenters. The highest BCUT2D eigenvalue weighted by Crippen LogP contribution is 2.46. The smallest absolute Gasteiger partial charge is 0.208 e. The third-order valence-corrected chi connectivity index (χ3v) is 7.49. The summed E-state index contributed by atoms with van der Waals surface area (Å²) in [7, 11) is -1.40. The van der Waals surface area contributed by atoms with Crippen molar-refractivity contribution in [2.45, 2.75) is 35.7 Å². The summed E-state index contributed by atoms with van der Waals surface area (Å²) in [5.74, 6) is 1.42. The van der Waals surface area contributed by atoms with E-state index in [4.69, 9.17) is 4.74 Å². The molecule has 2 aliphatic heterocycles. The normalized spacial score (nSPS) is 17.4. The van der Waals surface area contributed by atoms with Crippen LogP contribution in [0, 0.1) is 5.92 Å². The number of ether oxygens (including phenoxy) is 1. The quantitative estimate of drug-likeness (QED) is 0.639. The van der Waals surface area contributed by atoms with Crippen LogP contribution in [0.1, 0.15) is 24.8 Å². The second kappa shape index (κ2) is 9.83. The van der Waals surface area contributed by atoms with Crippen molar-refractivity contribution in [3.63, 3.8) is 0 Å². The summed E-state index contributed by atoms with van der Waals surface area (Å²) >= 11 is 1.64. The fraction of sp³-hybridized carbons (Fsp3) is 0.524. The zero-order chi connectivity index (χ0) is 21.8. The van der Waals surface area contributed by atoms with Gasteiger partial charge in [-0.3, -0.25) is 9.80 Å². The number of nitrogens with one attached hydrogen (secondary N) is 1. The molecule has 1 aromatic carbocycles. The molecule has 2 aromatic rings. The van der Waals surface area contributed by atoms with E-state index < -0.39 is 10.0 Å². The molecule has 0 saturated carbocycles. The van der Waals surface area contributed by atoms with Crippen LogP contribution in [0.2, 0.25) is 0 Å². The van der Waals surface area contributed by atoms with Crippen LogP contribution in [0.25, 0.3) is 0 Å². The number of benzene rings is 1. The van der Waals surface area contributed by atoms with Crippen molar-refractivity contribution >= 4 is 33.3 Å². The Balaban J connectivity index is 1.38. The Morgan fingerprint density at radius 3 is 2.74 bits per heavy atom. The number of fused-ring (bicyclic) bond motifs is 2. The number of hydrogen-bond donors (Lipinski definition) is 1. The predicted molar refractivity (Wildman–Crippen MR) is 122 cm³/mol. The average molecular weight is 464 g/mol. The van der Waals surface area contributed by atoms with Crippen molar-refractivity contribution in [2.24, 2.45) is 5.92 Å². The lowest BCUT2D eigenvalue weighted by Crippen LogP contribution is -2.34. The highest BCUT2D eigenvalue weighted by molar-refractivity contribution is 7.99. The standard InChI is InChI=1S/C21H29N5O3S2/c1-29-15-26-18-13-17(3-4-19(18)30-21-20(26)22-9-10-23-21)14-25-11-6-16(7-12-25)5-8-24-31(2,27)28/h3-4,9-10,13,16,24H,5-8,11-12,14-15H2,1-2H3. The van der Waals surface area contributed by atoms with Crippen LogP contribution in [-0.2, 0) is 21.3 Å². The molecule has 1 aromatic heterocycles. The van der Waals surface area contributed by atoms with Gasteiger partial charge in [-0.05, 0) is 56.0 Å². The second-order valence-corrected chi connectivity index (χ2v) is 11.0. The molecule has 8 nitrogen and oxygen atoms in total. The van der Waals surface area contributed by atoms with Crippen LogP contribution in [-0.4, -0.2) is 63.0 Å². The van der Waals surface area contributed by atoms with Gasteiger partial charge in [-0.1, -0.05) is 17.8 Å². The van der Waals surface area contributed by atoms with Crippen molar-refractivity contribution in [1.29, 1.82) is 0 Å². The first-order chi connectivity index (χ1) is 14.9. The van der Waals surface area contributed by atoms with Crippen LogP contribution in [0.5, 0.6) is 0 Å². The zero-order valence-corrected chi connectivity index (χ0v) is 19.6. The van der Waals surface area contributed by atoms with E-state index in [9.17, 15) is 8.42 Å². The van der Waals surface area contributed by atoms with Gasteiger partial charge >= 0.3 is 0 Å². The Morgan fingerprint density at radius 2 is 2.00 bits per heavy atom. The molecule has 0 bridgehead atoms. The van der Waals surface area contributed by atoms with Crippen molar-refractivity contribution in [3.05, 3.63) is 36.2 Å². The molecule has 31 heavy (non-hydrogen) atoms. The van der Waals surface area contributed by atoms with Crippen LogP contribution in [0.3, 0.4) is 0 Å². The summed E-state index contributed by atoms with van der Waals surface area (Å²) in [6.45, 7) is 3.93. The molecular weight excluding hydrogens is 434 g/mol. The lowest BCUT2D eigenvalue weighted by atomic mass is 9.93. The SMILES string of the molecule is COCN1c2cc(CN3CCC(CCNS(C)(=O)=O)CC3)ccc2Sc2nccnc21. The molecule has 4 rings (SSSR count). The number of piperidine rings is 1. The maximum absolute atomic E-state index is 11.2. The number of aromatic nitrogens is 2. The maximum atomic E-state index is 11.2. The largest absolute Gasteiger partial charge is 0.364 e. The Hall–Kier alpha value is -1.72. The van der Waals surface area contributed by atoms with Gasteiger partial charge in [0.25, 0.3) is 0 Å². The van der Waals surface area contributed by atoms with E-state index in [1.54, 1.807) is 31.3 Å². The van der Waals surface area contributed by atoms with Crippen LogP contribution in [0.4, 0.5) is 11.5 Å². The number of methoxy groups -OCH3 is 1. The Kier molecular flexibility index (Phi) is 7.12. The molecule has 0 aliphatic carbocycles. The molecule has 1 saturated heterocycles. The maximum Gasteiger partial charge on any atom is 0.208 e. The molecule has 10 heteroatoms. The lowest BCUT2D eigenvalue weighted by molar-refractivity contribution is 0.173. The highest BCUT2D eigenvalue weighted by Gasteiger charge is 2.26. The van der Waals surface area contributed by atoms with Crippen LogP contribution >= 0.6 is 11.8 Å². The van der Waals surface area contributed by atoms with Crippen molar-refractivity contribution < 1.29 is 13.2 Å². The molecular formula is C21H29N5O3S2. The minimum absolute atomic E-state index is 0.426. The fourth-order valence-electron chi connectivity index (χ4n) is 4.15. The zero-order valence-electron chi connectivity index (χ0n) is 18.0. The first-order valence-corrected chi connectivity index (χ1v) is 13.2. The first kappa shape index (κ1) is 22.5. The average Bonchev–Trinajstić information content (AvgIpc) is 2.74. The van der Waals surface area contributed by atoms with Crippen molar-refractivity contribution in [3.8, 4) is 0 Å². The molecule has 3 heterocycles. The van der Waals surface area contributed by atoms with Gasteiger partial charge in [0, 0.05) is 37.5 Å². The summed E-state index contributed by atoms with van der Waals surface area (Å²) in [4.78, 5) is 14.7. The molecule has 1 fully saturated rings. The van der Waals surface area contributed by atoms with Gasteiger partial charge in [0.15, 0.2) is 5.82 Å². The van der Waals surface area contributed by atoms with Gasteiger partial charge in [-0.2, -0.15) is 0 Å². The summed E-state index contributed by atoms with van der Waals surface area (Å²) in [6.07, 6.45) is 7.76. The van der Waals surface area contributed by atoms with Gasteiger partial charge in [-0.25, -0.2) is 23.1 Å². The summed E-state index contributed by atoms with van der Waals surface area (Å²) in [5, 5.41) is 0.896. The van der Waals surface area contributed by atoms with E-state index in [2.05, 4.69) is 42.7 Å². The number of nitrogens with zero attached hydrogens (tertiary/aromatic N) is 4. The molecule has 1 N–H and O–H groups in total. The van der Waals surface area contributed by atoms with Gasteiger partial charge in [0.05, 0.1) is 11.9 Å². The third-order valence-electron chi connectivity index (χ3n) is 5.71. The Bertz CT molecular complexity index is 1010. The Morgan fingerprint density at radius 1 is 1.23 bits per heavy atom. The lowest BCUT2D eigenvalue weighted by Gasteiger charge is -2.33. The Labute approximate surface area is 188 Å². The van der Waals surface area contributed by atoms with Crippen LogP contribution < -0.4 is 9.62 Å². The number of hydrogen-bond acceptors (Lipinski definition) is 8. The van der Waals surface area contributed by atoms with E-state index >= 15 is 0 Å². The number of likely N-dealkylation sites (tertiary alicyclic amines) is 1. The molecule has 0 unspecified atom stereocenters. The second-order valence-electron chi connectivity index (χ2n) is 8.11. The summed E-state index contributed by atoms with van der Waals surface area (Å²) in [6, 6.07) is 6.60. The summed E-state index contributed by atoms with van der Waals surface area (Å²) in [5.41, 5.74) is 2.38. The van der Waals surface area contributed by atoms with E-state index in [0.717, 1.165) is 60.3 Å². The molecule has 168 valence electrons. The van der Waals surface area contributed by atoms with Gasteiger partial charge < -0.3 is 4.74 Å². The fourth-order valence-corrected chi connectivity index (χ4v) is 5.63. The van der Waals surface area contributed by atoms with Crippen molar-refractivity contribution in [2.75, 3.05) is 44.6 Å². The monoisotopic (exact) mass is 463 g/mol. The molecule has 2 aliphatic rings. The highest BCUT2D eigenvalue weighted by atomic mass is 32.2. The molecule has 0 amide bonds. The minimum atomic E-state index is -3.09. The minimum Gasteiger partial charge on any atom is -0.364 e. The number of anilines is 2. The van der Waals surface area contributed by atoms with Gasteiger partial charge in [0.1, 0.15) is 11.8 Å². The third kappa shape index (κ3) is 5.75. The number of rotatable bonds is 8. The summed E-state index contributed by atoms with van der Waals surface area (Å²) < 4.78 is 30.5. The predicted octanol–water partition coefficient (Wildman–Crippen LogP) is 2.83. The van der Waals surface area contributed by atoms with Gasteiger partial charge in [-0.15, -0.1) is 0 Å². The topological polar surface area (TPSA) is 87.7 Å². The number of sulfonamides is 1. The van der Waals surface area contributed by atoms with E-state index in [0.29, 0.717) is 19.2 Å². The molecule has 0 radical (unpaired) electrons.